The van der Waals surface area contributed by atoms with Crippen molar-refractivity contribution in [2.45, 2.75) is 33.7 Å². The lowest BCUT2D eigenvalue weighted by Gasteiger charge is -2.29. The van der Waals surface area contributed by atoms with Gasteiger partial charge in [0.15, 0.2) is 0 Å². The van der Waals surface area contributed by atoms with Crippen molar-refractivity contribution in [3.05, 3.63) is 28.6 Å². The molecule has 1 aromatic carbocycles. The quantitative estimate of drug-likeness (QED) is 0.839. The summed E-state index contributed by atoms with van der Waals surface area (Å²) in [6, 6.07) is 5.48. The number of hydrogen-bond acceptors (Lipinski definition) is 4. The van der Waals surface area contributed by atoms with Gasteiger partial charge in [-0.05, 0) is 38.0 Å². The Morgan fingerprint density at radius 2 is 2.00 bits per heavy atom. The molecule has 0 aliphatic heterocycles. The molecule has 0 aliphatic rings. The predicted molar refractivity (Wildman–Crippen MR) is 84.1 cm³/mol. The van der Waals surface area contributed by atoms with Gasteiger partial charge < -0.3 is 10.6 Å². The van der Waals surface area contributed by atoms with Crippen LogP contribution in [0.25, 0.3) is 10.9 Å². The molecule has 0 spiro atoms. The van der Waals surface area contributed by atoms with E-state index in [2.05, 4.69) is 42.6 Å². The summed E-state index contributed by atoms with van der Waals surface area (Å²) >= 11 is 0. The normalized spacial score (nSPS) is 11.5. The summed E-state index contributed by atoms with van der Waals surface area (Å²) in [4.78, 5) is 21.7. The van der Waals surface area contributed by atoms with E-state index in [1.54, 1.807) is 18.2 Å². The van der Waals surface area contributed by atoms with Crippen molar-refractivity contribution in [1.29, 1.82) is 0 Å². The van der Waals surface area contributed by atoms with Gasteiger partial charge in [0.2, 0.25) is 5.95 Å². The molecule has 0 saturated heterocycles. The maximum absolute atomic E-state index is 12.2. The first-order chi connectivity index (χ1) is 9.38. The Labute approximate surface area is 118 Å². The third-order valence-corrected chi connectivity index (χ3v) is 3.17. The summed E-state index contributed by atoms with van der Waals surface area (Å²) in [5, 5.41) is 0.530. The van der Waals surface area contributed by atoms with Crippen LogP contribution in [0.4, 0.5) is 11.6 Å². The molecule has 0 saturated carbocycles. The Morgan fingerprint density at radius 1 is 1.30 bits per heavy atom. The molecule has 2 rings (SSSR count). The highest BCUT2D eigenvalue weighted by Crippen LogP contribution is 2.17. The first-order valence-corrected chi connectivity index (χ1v) is 6.94. The number of fused-ring (bicyclic) bond motifs is 1. The number of hydrogen-bond donors (Lipinski definition) is 2. The second-order valence-electron chi connectivity index (χ2n) is 5.81. The highest BCUT2D eigenvalue weighted by atomic mass is 16.1. The van der Waals surface area contributed by atoms with Gasteiger partial charge in [-0.1, -0.05) is 13.8 Å². The fourth-order valence-corrected chi connectivity index (χ4v) is 2.22. The van der Waals surface area contributed by atoms with Gasteiger partial charge in [0.05, 0.1) is 10.9 Å². The largest absolute Gasteiger partial charge is 0.399 e. The third-order valence-electron chi connectivity index (χ3n) is 3.17. The minimum absolute atomic E-state index is 0.147. The number of nitrogens with two attached hydrogens (primary N) is 1. The Kier molecular flexibility index (Phi) is 3.97. The summed E-state index contributed by atoms with van der Waals surface area (Å²) in [6.45, 7) is 9.33. The zero-order chi connectivity index (χ0) is 14.9. The molecule has 108 valence electrons. The van der Waals surface area contributed by atoms with Gasteiger partial charge in [-0.2, -0.15) is 0 Å². The Bertz CT molecular complexity index is 660. The van der Waals surface area contributed by atoms with E-state index in [9.17, 15) is 4.79 Å². The average molecular weight is 274 g/mol. The topological polar surface area (TPSA) is 75.0 Å². The minimum Gasteiger partial charge on any atom is -0.399 e. The summed E-state index contributed by atoms with van der Waals surface area (Å²) < 4.78 is 0. The van der Waals surface area contributed by atoms with Crippen molar-refractivity contribution in [2.75, 3.05) is 17.2 Å². The molecular formula is C15H22N4O. The van der Waals surface area contributed by atoms with Crippen LogP contribution in [-0.2, 0) is 0 Å². The lowest BCUT2D eigenvalue weighted by molar-refractivity contribution is 0.560. The maximum Gasteiger partial charge on any atom is 0.260 e. The molecule has 0 atom stereocenters. The molecule has 0 bridgehead atoms. The van der Waals surface area contributed by atoms with Gasteiger partial charge in [0.1, 0.15) is 0 Å². The van der Waals surface area contributed by atoms with Crippen LogP contribution in [0.5, 0.6) is 0 Å². The number of nitrogens with one attached hydrogen (secondary N) is 1. The lowest BCUT2D eigenvalue weighted by Crippen LogP contribution is -2.36. The number of rotatable bonds is 4. The Hall–Kier alpha value is -2.04. The predicted octanol–water partition coefficient (Wildman–Crippen LogP) is 2.38. The van der Waals surface area contributed by atoms with Crippen molar-refractivity contribution in [3.63, 3.8) is 0 Å². The van der Waals surface area contributed by atoms with Crippen LogP contribution in [0.15, 0.2) is 23.0 Å². The zero-order valence-electron chi connectivity index (χ0n) is 12.5. The third kappa shape index (κ3) is 2.92. The van der Waals surface area contributed by atoms with E-state index in [0.717, 1.165) is 6.54 Å². The van der Waals surface area contributed by atoms with E-state index in [4.69, 9.17) is 5.73 Å². The van der Waals surface area contributed by atoms with Gasteiger partial charge in [-0.3, -0.25) is 9.78 Å². The first kappa shape index (κ1) is 14.4. The Morgan fingerprint density at radius 3 is 2.60 bits per heavy atom. The van der Waals surface area contributed by atoms with Crippen LogP contribution in [0.2, 0.25) is 0 Å². The number of nitrogens with zero attached hydrogens (tertiary/aromatic N) is 2. The number of aromatic nitrogens is 2. The van der Waals surface area contributed by atoms with Crippen LogP contribution in [0, 0.1) is 5.92 Å². The van der Waals surface area contributed by atoms with E-state index in [1.807, 2.05) is 0 Å². The average Bonchev–Trinajstić information content (AvgIpc) is 2.36. The second-order valence-corrected chi connectivity index (χ2v) is 5.81. The molecule has 0 unspecified atom stereocenters. The number of aromatic amines is 1. The smallest absolute Gasteiger partial charge is 0.260 e. The van der Waals surface area contributed by atoms with Crippen LogP contribution in [-0.4, -0.2) is 22.6 Å². The summed E-state index contributed by atoms with van der Waals surface area (Å²) in [5.74, 6) is 1.11. The van der Waals surface area contributed by atoms with E-state index >= 15 is 0 Å². The first-order valence-electron chi connectivity index (χ1n) is 6.94. The van der Waals surface area contributed by atoms with E-state index in [0.29, 0.717) is 28.5 Å². The van der Waals surface area contributed by atoms with E-state index in [1.165, 1.54) is 0 Å². The fourth-order valence-electron chi connectivity index (χ4n) is 2.22. The summed E-state index contributed by atoms with van der Waals surface area (Å²) in [6.07, 6.45) is 0. The van der Waals surface area contributed by atoms with Gasteiger partial charge in [-0.15, -0.1) is 0 Å². The van der Waals surface area contributed by atoms with Crippen LogP contribution in [0.1, 0.15) is 27.7 Å². The number of nitrogen functional groups attached to an aromatic ring is 1. The molecule has 5 heteroatoms. The molecule has 0 radical (unpaired) electrons. The van der Waals surface area contributed by atoms with Crippen LogP contribution < -0.4 is 16.2 Å². The molecule has 0 amide bonds. The van der Waals surface area contributed by atoms with Crippen LogP contribution >= 0.6 is 0 Å². The molecule has 0 aliphatic carbocycles. The molecule has 5 nitrogen and oxygen atoms in total. The molecule has 1 heterocycles. The Balaban J connectivity index is 2.54. The molecule has 0 fully saturated rings. The van der Waals surface area contributed by atoms with Gasteiger partial charge in [0, 0.05) is 18.3 Å². The molecule has 1 aromatic heterocycles. The highest BCUT2D eigenvalue weighted by Gasteiger charge is 2.16. The van der Waals surface area contributed by atoms with Gasteiger partial charge in [-0.25, -0.2) is 4.98 Å². The SMILES string of the molecule is CC(C)CN(c1nc2ccc(N)cc2c(=O)[nH]1)C(C)C. The minimum atomic E-state index is -0.147. The van der Waals surface area contributed by atoms with Crippen molar-refractivity contribution in [3.8, 4) is 0 Å². The highest BCUT2D eigenvalue weighted by molar-refractivity contribution is 5.81. The summed E-state index contributed by atoms with van der Waals surface area (Å²) in [7, 11) is 0. The fraction of sp³-hybridized carbons (Fsp3) is 0.467. The standard InChI is InChI=1S/C15H22N4O/c1-9(2)8-19(10(3)4)15-17-13-6-5-11(16)7-12(13)14(20)18-15/h5-7,9-10H,8,16H2,1-4H3,(H,17,18,20). The van der Waals surface area contributed by atoms with Gasteiger partial charge in [0.25, 0.3) is 5.56 Å². The maximum atomic E-state index is 12.2. The van der Waals surface area contributed by atoms with Crippen molar-refractivity contribution in [1.82, 2.24) is 9.97 Å². The number of H-pyrrole nitrogens is 1. The molecule has 2 aromatic rings. The van der Waals surface area contributed by atoms with E-state index in [-0.39, 0.29) is 11.6 Å². The van der Waals surface area contributed by atoms with Crippen molar-refractivity contribution in [2.24, 2.45) is 5.92 Å². The second kappa shape index (κ2) is 5.53. The number of benzene rings is 1. The summed E-state index contributed by atoms with van der Waals surface area (Å²) in [5.41, 5.74) is 6.81. The van der Waals surface area contributed by atoms with Crippen molar-refractivity contribution >= 4 is 22.5 Å². The molecular weight excluding hydrogens is 252 g/mol. The van der Waals surface area contributed by atoms with Gasteiger partial charge >= 0.3 is 0 Å². The molecule has 3 N–H and O–H groups in total. The zero-order valence-corrected chi connectivity index (χ0v) is 12.5. The van der Waals surface area contributed by atoms with Crippen LogP contribution in [0.3, 0.4) is 0 Å². The monoisotopic (exact) mass is 274 g/mol. The van der Waals surface area contributed by atoms with E-state index < -0.39 is 0 Å². The molecule has 20 heavy (non-hydrogen) atoms. The number of anilines is 2. The van der Waals surface area contributed by atoms with Crippen molar-refractivity contribution < 1.29 is 0 Å². The lowest BCUT2D eigenvalue weighted by atomic mass is 10.2.